The molecule has 1 aliphatic carbocycles. The molecule has 5 nitrogen and oxygen atoms in total. The van der Waals surface area contributed by atoms with Gasteiger partial charge in [0.2, 0.25) is 0 Å². The Labute approximate surface area is 115 Å². The fourth-order valence-electron chi connectivity index (χ4n) is 2.25. The molecule has 1 aromatic rings. The summed E-state index contributed by atoms with van der Waals surface area (Å²) < 4.78 is 7.70. The standard InChI is InChI=1S/C14H26N4O/c1-14(2,3)15-10-12-11-18(17-16-12)8-9-19-13-6-4-5-7-13/h11,13,15H,4-10H2,1-3H3. The molecule has 19 heavy (non-hydrogen) atoms. The molecule has 0 aliphatic heterocycles. The maximum atomic E-state index is 5.83. The van der Waals surface area contributed by atoms with Gasteiger partial charge in [-0.15, -0.1) is 5.10 Å². The zero-order valence-electron chi connectivity index (χ0n) is 12.4. The normalized spacial score (nSPS) is 17.2. The number of rotatable bonds is 6. The maximum absolute atomic E-state index is 5.83. The van der Waals surface area contributed by atoms with Crippen LogP contribution in [0.4, 0.5) is 0 Å². The third kappa shape index (κ3) is 5.28. The van der Waals surface area contributed by atoms with Crippen molar-refractivity contribution in [3.05, 3.63) is 11.9 Å². The summed E-state index contributed by atoms with van der Waals surface area (Å²) in [7, 11) is 0. The Bertz CT molecular complexity index is 377. The lowest BCUT2D eigenvalue weighted by molar-refractivity contribution is 0.0512. The molecule has 108 valence electrons. The Morgan fingerprint density at radius 2 is 2.11 bits per heavy atom. The summed E-state index contributed by atoms with van der Waals surface area (Å²) in [6, 6.07) is 0. The molecule has 1 aromatic heterocycles. The van der Waals surface area contributed by atoms with E-state index in [0.717, 1.165) is 25.4 Å². The Hall–Kier alpha value is -0.940. The average molecular weight is 266 g/mol. The van der Waals surface area contributed by atoms with Crippen LogP contribution in [0.1, 0.15) is 52.1 Å². The Morgan fingerprint density at radius 3 is 2.79 bits per heavy atom. The number of nitrogens with zero attached hydrogens (tertiary/aromatic N) is 3. The van der Waals surface area contributed by atoms with Gasteiger partial charge >= 0.3 is 0 Å². The van der Waals surface area contributed by atoms with Crippen molar-refractivity contribution in [3.63, 3.8) is 0 Å². The lowest BCUT2D eigenvalue weighted by Crippen LogP contribution is -2.35. The zero-order valence-corrected chi connectivity index (χ0v) is 12.4. The molecule has 0 spiro atoms. The van der Waals surface area contributed by atoms with Gasteiger partial charge in [-0.1, -0.05) is 18.1 Å². The molecule has 0 amide bonds. The highest BCUT2D eigenvalue weighted by Crippen LogP contribution is 2.20. The third-order valence-corrected chi connectivity index (χ3v) is 3.36. The van der Waals surface area contributed by atoms with Crippen LogP contribution >= 0.6 is 0 Å². The van der Waals surface area contributed by atoms with Crippen molar-refractivity contribution in [2.45, 2.75) is 71.2 Å². The molecule has 0 atom stereocenters. The Morgan fingerprint density at radius 1 is 1.37 bits per heavy atom. The molecule has 2 rings (SSSR count). The van der Waals surface area contributed by atoms with Crippen molar-refractivity contribution in [2.75, 3.05) is 6.61 Å². The minimum atomic E-state index is 0.107. The van der Waals surface area contributed by atoms with Gasteiger partial charge in [-0.3, -0.25) is 0 Å². The van der Waals surface area contributed by atoms with E-state index >= 15 is 0 Å². The molecule has 1 heterocycles. The van der Waals surface area contributed by atoms with Gasteiger partial charge in [-0.05, 0) is 33.6 Å². The minimum Gasteiger partial charge on any atom is -0.376 e. The van der Waals surface area contributed by atoms with Crippen LogP contribution in [0, 0.1) is 0 Å². The van der Waals surface area contributed by atoms with E-state index in [1.54, 1.807) is 0 Å². The molecule has 0 saturated heterocycles. The predicted octanol–water partition coefficient (Wildman–Crippen LogP) is 2.13. The number of hydrogen-bond acceptors (Lipinski definition) is 4. The van der Waals surface area contributed by atoms with E-state index in [0.29, 0.717) is 6.10 Å². The van der Waals surface area contributed by atoms with Crippen molar-refractivity contribution in [1.82, 2.24) is 20.3 Å². The second kappa shape index (κ2) is 6.48. The number of ether oxygens (including phenoxy) is 1. The lowest BCUT2D eigenvalue weighted by Gasteiger charge is -2.19. The molecule has 5 heteroatoms. The van der Waals surface area contributed by atoms with Gasteiger partial charge in [0.05, 0.1) is 24.9 Å². The summed E-state index contributed by atoms with van der Waals surface area (Å²) in [5, 5.41) is 11.7. The molecule has 1 fully saturated rings. The molecule has 1 N–H and O–H groups in total. The molecule has 1 saturated carbocycles. The van der Waals surface area contributed by atoms with Gasteiger partial charge in [-0.2, -0.15) is 0 Å². The minimum absolute atomic E-state index is 0.107. The summed E-state index contributed by atoms with van der Waals surface area (Å²) in [6.45, 7) is 8.72. The molecular formula is C14H26N4O. The zero-order chi connectivity index (χ0) is 13.7. The van der Waals surface area contributed by atoms with Gasteiger partial charge in [-0.25, -0.2) is 4.68 Å². The second-order valence-corrected chi connectivity index (χ2v) is 6.35. The number of nitrogens with one attached hydrogen (secondary N) is 1. The van der Waals surface area contributed by atoms with Crippen LogP contribution in [-0.2, 0) is 17.8 Å². The van der Waals surface area contributed by atoms with Gasteiger partial charge in [0.15, 0.2) is 0 Å². The maximum Gasteiger partial charge on any atom is 0.0965 e. The van der Waals surface area contributed by atoms with E-state index < -0.39 is 0 Å². The number of hydrogen-bond donors (Lipinski definition) is 1. The van der Waals surface area contributed by atoms with Gasteiger partial charge in [0.25, 0.3) is 0 Å². The molecular weight excluding hydrogens is 240 g/mol. The quantitative estimate of drug-likeness (QED) is 0.857. The van der Waals surface area contributed by atoms with Crippen LogP contribution < -0.4 is 5.32 Å². The van der Waals surface area contributed by atoms with Crippen LogP contribution in [-0.4, -0.2) is 33.2 Å². The van der Waals surface area contributed by atoms with Crippen LogP contribution in [0.3, 0.4) is 0 Å². The molecule has 1 aliphatic rings. The highest BCUT2D eigenvalue weighted by Gasteiger charge is 2.15. The van der Waals surface area contributed by atoms with Crippen LogP contribution in [0.2, 0.25) is 0 Å². The molecule has 0 bridgehead atoms. The van der Waals surface area contributed by atoms with Crippen molar-refractivity contribution in [2.24, 2.45) is 0 Å². The Kier molecular flexibility index (Phi) is 4.93. The largest absolute Gasteiger partial charge is 0.376 e. The fraction of sp³-hybridized carbons (Fsp3) is 0.857. The first-order chi connectivity index (χ1) is 9.03. The van der Waals surface area contributed by atoms with Crippen molar-refractivity contribution in [1.29, 1.82) is 0 Å². The SMILES string of the molecule is CC(C)(C)NCc1cn(CCOC2CCCC2)nn1. The summed E-state index contributed by atoms with van der Waals surface area (Å²) in [5.74, 6) is 0. The monoisotopic (exact) mass is 266 g/mol. The first-order valence-electron chi connectivity index (χ1n) is 7.28. The molecule has 0 radical (unpaired) electrons. The number of aromatic nitrogens is 3. The van der Waals surface area contributed by atoms with E-state index in [1.807, 2.05) is 10.9 Å². The van der Waals surface area contributed by atoms with Crippen LogP contribution in [0.25, 0.3) is 0 Å². The van der Waals surface area contributed by atoms with E-state index in [9.17, 15) is 0 Å². The summed E-state index contributed by atoms with van der Waals surface area (Å²) >= 11 is 0. The smallest absolute Gasteiger partial charge is 0.0965 e. The van der Waals surface area contributed by atoms with Crippen molar-refractivity contribution < 1.29 is 4.74 Å². The van der Waals surface area contributed by atoms with Gasteiger partial charge < -0.3 is 10.1 Å². The fourth-order valence-corrected chi connectivity index (χ4v) is 2.25. The van der Waals surface area contributed by atoms with E-state index in [-0.39, 0.29) is 5.54 Å². The highest BCUT2D eigenvalue weighted by atomic mass is 16.5. The predicted molar refractivity (Wildman–Crippen MR) is 74.8 cm³/mol. The Balaban J connectivity index is 1.68. The topological polar surface area (TPSA) is 52.0 Å². The third-order valence-electron chi connectivity index (χ3n) is 3.36. The average Bonchev–Trinajstić information content (AvgIpc) is 2.97. The van der Waals surface area contributed by atoms with Crippen molar-refractivity contribution >= 4 is 0 Å². The van der Waals surface area contributed by atoms with Crippen LogP contribution in [0.15, 0.2) is 6.20 Å². The van der Waals surface area contributed by atoms with Crippen LogP contribution in [0.5, 0.6) is 0 Å². The second-order valence-electron chi connectivity index (χ2n) is 6.35. The lowest BCUT2D eigenvalue weighted by atomic mass is 10.1. The summed E-state index contributed by atoms with van der Waals surface area (Å²) in [5.41, 5.74) is 1.09. The summed E-state index contributed by atoms with van der Waals surface area (Å²) in [6.07, 6.45) is 7.55. The molecule has 0 unspecified atom stereocenters. The summed E-state index contributed by atoms with van der Waals surface area (Å²) in [4.78, 5) is 0. The van der Waals surface area contributed by atoms with Gasteiger partial charge in [0.1, 0.15) is 0 Å². The molecule has 0 aromatic carbocycles. The van der Waals surface area contributed by atoms with Crippen molar-refractivity contribution in [3.8, 4) is 0 Å². The first kappa shape index (κ1) is 14.5. The van der Waals surface area contributed by atoms with E-state index in [2.05, 4.69) is 36.4 Å². The van der Waals surface area contributed by atoms with E-state index in [1.165, 1.54) is 25.7 Å². The highest BCUT2D eigenvalue weighted by molar-refractivity contribution is 4.93. The van der Waals surface area contributed by atoms with E-state index in [4.69, 9.17) is 4.74 Å². The van der Waals surface area contributed by atoms with Gasteiger partial charge in [0, 0.05) is 18.3 Å². The first-order valence-corrected chi connectivity index (χ1v) is 7.28.